The van der Waals surface area contributed by atoms with Crippen molar-refractivity contribution in [1.82, 2.24) is 9.88 Å². The Hall–Kier alpha value is -1.40. The van der Waals surface area contributed by atoms with Crippen molar-refractivity contribution in [2.75, 3.05) is 37.7 Å². The standard InChI is InChI=1S/C14H22N4OS/c1-3-19-12-5-4-6-16-14(12)18-9-7-17(8-10-18)11(2)13(15)20/h4-6,11H,3,7-10H2,1-2H3,(H2,15,20). The smallest absolute Gasteiger partial charge is 0.171 e. The van der Waals surface area contributed by atoms with Crippen molar-refractivity contribution in [3.05, 3.63) is 18.3 Å². The number of rotatable bonds is 5. The second-order valence-electron chi connectivity index (χ2n) is 4.86. The average molecular weight is 294 g/mol. The maximum atomic E-state index is 5.72. The lowest BCUT2D eigenvalue weighted by Gasteiger charge is -2.38. The summed E-state index contributed by atoms with van der Waals surface area (Å²) < 4.78 is 5.64. The number of nitrogens with two attached hydrogens (primary N) is 1. The van der Waals surface area contributed by atoms with E-state index in [1.165, 1.54) is 0 Å². The van der Waals surface area contributed by atoms with Gasteiger partial charge in [-0.1, -0.05) is 12.2 Å². The van der Waals surface area contributed by atoms with E-state index in [0.29, 0.717) is 11.6 Å². The molecule has 110 valence electrons. The Labute approximate surface area is 125 Å². The number of pyridine rings is 1. The number of hydrogen-bond donors (Lipinski definition) is 1. The van der Waals surface area contributed by atoms with Gasteiger partial charge < -0.3 is 15.4 Å². The van der Waals surface area contributed by atoms with E-state index in [9.17, 15) is 0 Å². The molecule has 0 amide bonds. The van der Waals surface area contributed by atoms with Crippen LogP contribution in [0.5, 0.6) is 5.75 Å². The van der Waals surface area contributed by atoms with Gasteiger partial charge in [0.25, 0.3) is 0 Å². The summed E-state index contributed by atoms with van der Waals surface area (Å²) in [5.74, 6) is 1.78. The van der Waals surface area contributed by atoms with Crippen LogP contribution in [0.2, 0.25) is 0 Å². The number of anilines is 1. The summed E-state index contributed by atoms with van der Waals surface area (Å²) in [6.07, 6.45) is 1.81. The van der Waals surface area contributed by atoms with Crippen LogP contribution in [-0.2, 0) is 0 Å². The van der Waals surface area contributed by atoms with Gasteiger partial charge in [0.2, 0.25) is 0 Å². The minimum Gasteiger partial charge on any atom is -0.490 e. The Balaban J connectivity index is 2.02. The van der Waals surface area contributed by atoms with Gasteiger partial charge >= 0.3 is 0 Å². The first kappa shape index (κ1) is 15.0. The number of piperazine rings is 1. The van der Waals surface area contributed by atoms with Crippen molar-refractivity contribution in [3.8, 4) is 5.75 Å². The van der Waals surface area contributed by atoms with Gasteiger partial charge in [-0.05, 0) is 26.0 Å². The quantitative estimate of drug-likeness (QED) is 0.826. The lowest BCUT2D eigenvalue weighted by Crippen LogP contribution is -2.53. The zero-order valence-corrected chi connectivity index (χ0v) is 12.9. The molecule has 1 fully saturated rings. The summed E-state index contributed by atoms with van der Waals surface area (Å²) in [5.41, 5.74) is 5.72. The minimum absolute atomic E-state index is 0.155. The first-order valence-electron chi connectivity index (χ1n) is 6.99. The SMILES string of the molecule is CCOc1cccnc1N1CCN(C(C)C(N)=S)CC1. The molecule has 1 aliphatic heterocycles. The Bertz CT molecular complexity index is 460. The number of aromatic nitrogens is 1. The van der Waals surface area contributed by atoms with Crippen LogP contribution in [0, 0.1) is 0 Å². The average Bonchev–Trinajstić information content (AvgIpc) is 2.47. The van der Waals surface area contributed by atoms with E-state index in [0.717, 1.165) is 37.7 Å². The molecule has 1 aliphatic rings. The second kappa shape index (κ2) is 6.85. The van der Waals surface area contributed by atoms with Crippen LogP contribution < -0.4 is 15.4 Å². The highest BCUT2D eigenvalue weighted by Gasteiger charge is 2.24. The predicted molar refractivity (Wildman–Crippen MR) is 85.4 cm³/mol. The van der Waals surface area contributed by atoms with Crippen molar-refractivity contribution < 1.29 is 4.74 Å². The highest BCUT2D eigenvalue weighted by atomic mass is 32.1. The minimum atomic E-state index is 0.155. The van der Waals surface area contributed by atoms with E-state index in [1.54, 1.807) is 0 Å². The predicted octanol–water partition coefficient (Wildman–Crippen LogP) is 1.28. The van der Waals surface area contributed by atoms with Crippen LogP contribution in [-0.4, -0.2) is 53.7 Å². The van der Waals surface area contributed by atoms with E-state index in [-0.39, 0.29) is 6.04 Å². The van der Waals surface area contributed by atoms with Gasteiger partial charge in [0.1, 0.15) is 0 Å². The lowest BCUT2D eigenvalue weighted by molar-refractivity contribution is 0.237. The molecule has 0 radical (unpaired) electrons. The molecule has 2 N–H and O–H groups in total. The Morgan fingerprint density at radius 1 is 1.45 bits per heavy atom. The zero-order valence-electron chi connectivity index (χ0n) is 12.1. The topological polar surface area (TPSA) is 54.6 Å². The fourth-order valence-corrected chi connectivity index (χ4v) is 2.54. The summed E-state index contributed by atoms with van der Waals surface area (Å²) >= 11 is 5.07. The summed E-state index contributed by atoms with van der Waals surface area (Å²) in [5, 5.41) is 0. The molecule has 0 bridgehead atoms. The monoisotopic (exact) mass is 294 g/mol. The third-order valence-electron chi connectivity index (χ3n) is 3.62. The van der Waals surface area contributed by atoms with Crippen LogP contribution in [0.4, 0.5) is 5.82 Å². The Morgan fingerprint density at radius 3 is 2.75 bits per heavy atom. The van der Waals surface area contributed by atoms with Gasteiger partial charge in [0.05, 0.1) is 17.6 Å². The number of thiocarbonyl (C=S) groups is 1. The van der Waals surface area contributed by atoms with Crippen LogP contribution in [0.1, 0.15) is 13.8 Å². The molecule has 1 unspecified atom stereocenters. The number of ether oxygens (including phenoxy) is 1. The van der Waals surface area contributed by atoms with Gasteiger partial charge in [-0.3, -0.25) is 4.90 Å². The highest BCUT2D eigenvalue weighted by molar-refractivity contribution is 7.80. The van der Waals surface area contributed by atoms with Gasteiger partial charge in [0, 0.05) is 32.4 Å². The van der Waals surface area contributed by atoms with Crippen LogP contribution >= 0.6 is 12.2 Å². The summed E-state index contributed by atoms with van der Waals surface area (Å²) in [6, 6.07) is 4.03. The number of nitrogens with zero attached hydrogens (tertiary/aromatic N) is 3. The van der Waals surface area contributed by atoms with Crippen molar-refractivity contribution in [3.63, 3.8) is 0 Å². The van der Waals surface area contributed by atoms with E-state index in [1.807, 2.05) is 25.3 Å². The largest absolute Gasteiger partial charge is 0.490 e. The highest BCUT2D eigenvalue weighted by Crippen LogP contribution is 2.26. The molecule has 0 aliphatic carbocycles. The molecule has 0 spiro atoms. The normalized spacial score (nSPS) is 17.8. The van der Waals surface area contributed by atoms with Crippen LogP contribution in [0.15, 0.2) is 18.3 Å². The molecule has 1 saturated heterocycles. The molecule has 5 nitrogen and oxygen atoms in total. The molecule has 2 heterocycles. The van der Waals surface area contributed by atoms with Gasteiger partial charge in [0.15, 0.2) is 11.6 Å². The van der Waals surface area contributed by atoms with E-state index >= 15 is 0 Å². The van der Waals surface area contributed by atoms with Crippen LogP contribution in [0.3, 0.4) is 0 Å². The summed E-state index contributed by atoms with van der Waals surface area (Å²) in [7, 11) is 0. The third-order valence-corrected chi connectivity index (χ3v) is 3.97. The molecular formula is C14H22N4OS. The van der Waals surface area contributed by atoms with Gasteiger partial charge in [-0.2, -0.15) is 0 Å². The first-order chi connectivity index (χ1) is 9.63. The molecule has 0 saturated carbocycles. The lowest BCUT2D eigenvalue weighted by atomic mass is 10.2. The maximum Gasteiger partial charge on any atom is 0.171 e. The van der Waals surface area contributed by atoms with Crippen molar-refractivity contribution in [2.24, 2.45) is 5.73 Å². The molecule has 1 atom stereocenters. The fourth-order valence-electron chi connectivity index (χ4n) is 2.39. The molecule has 1 aromatic heterocycles. The molecule has 6 heteroatoms. The molecule has 0 aromatic carbocycles. The van der Waals surface area contributed by atoms with Crippen molar-refractivity contribution in [2.45, 2.75) is 19.9 Å². The fraction of sp³-hybridized carbons (Fsp3) is 0.571. The van der Waals surface area contributed by atoms with E-state index in [4.69, 9.17) is 22.7 Å². The van der Waals surface area contributed by atoms with E-state index < -0.39 is 0 Å². The van der Waals surface area contributed by atoms with E-state index in [2.05, 4.69) is 21.7 Å². The molecule has 20 heavy (non-hydrogen) atoms. The molecule has 1 aromatic rings. The van der Waals surface area contributed by atoms with Gasteiger partial charge in [-0.15, -0.1) is 0 Å². The Morgan fingerprint density at radius 2 is 2.15 bits per heavy atom. The van der Waals surface area contributed by atoms with Crippen LogP contribution in [0.25, 0.3) is 0 Å². The summed E-state index contributed by atoms with van der Waals surface area (Å²) in [6.45, 7) is 8.37. The molecule has 2 rings (SSSR count). The zero-order chi connectivity index (χ0) is 14.5. The first-order valence-corrected chi connectivity index (χ1v) is 7.40. The second-order valence-corrected chi connectivity index (χ2v) is 5.33. The van der Waals surface area contributed by atoms with Crippen molar-refractivity contribution in [1.29, 1.82) is 0 Å². The third kappa shape index (κ3) is 3.37. The summed E-state index contributed by atoms with van der Waals surface area (Å²) in [4.78, 5) is 9.58. The maximum absolute atomic E-state index is 5.72. The van der Waals surface area contributed by atoms with Gasteiger partial charge in [-0.25, -0.2) is 4.98 Å². The Kier molecular flexibility index (Phi) is 5.14. The number of hydrogen-bond acceptors (Lipinski definition) is 5. The van der Waals surface area contributed by atoms with Crippen molar-refractivity contribution >= 4 is 23.0 Å². The molecular weight excluding hydrogens is 272 g/mol.